The lowest BCUT2D eigenvalue weighted by Gasteiger charge is -2.14. The van der Waals surface area contributed by atoms with E-state index in [9.17, 15) is 5.11 Å². The predicted octanol–water partition coefficient (Wildman–Crippen LogP) is 2.07. The lowest BCUT2D eigenvalue weighted by atomic mass is 10.0. The lowest BCUT2D eigenvalue weighted by molar-refractivity contribution is 0.149. The van der Waals surface area contributed by atoms with Gasteiger partial charge in [-0.05, 0) is 37.0 Å². The van der Waals surface area contributed by atoms with Gasteiger partial charge in [0.05, 0.1) is 12.7 Å². The van der Waals surface area contributed by atoms with Crippen LogP contribution in [0.4, 0.5) is 0 Å². The number of benzene rings is 1. The van der Waals surface area contributed by atoms with Gasteiger partial charge in [-0.2, -0.15) is 0 Å². The molecule has 1 N–H and O–H groups in total. The zero-order chi connectivity index (χ0) is 10.2. The van der Waals surface area contributed by atoms with Crippen LogP contribution < -0.4 is 4.74 Å². The molecule has 1 aromatic carbocycles. The summed E-state index contributed by atoms with van der Waals surface area (Å²) in [6, 6.07) is 5.99. The minimum absolute atomic E-state index is 0.445. The second-order valence-corrected chi connectivity index (χ2v) is 4.16. The van der Waals surface area contributed by atoms with Crippen molar-refractivity contribution in [3.8, 4) is 5.75 Å². The molecule has 1 aliphatic rings. The van der Waals surface area contributed by atoms with Crippen LogP contribution in [0.15, 0.2) is 18.2 Å². The summed E-state index contributed by atoms with van der Waals surface area (Å²) >= 11 is 0. The molecule has 0 heterocycles. The minimum atomic E-state index is -0.445. The van der Waals surface area contributed by atoms with E-state index in [1.54, 1.807) is 7.11 Å². The summed E-state index contributed by atoms with van der Waals surface area (Å²) < 4.78 is 5.29. The van der Waals surface area contributed by atoms with Gasteiger partial charge in [-0.3, -0.25) is 0 Å². The van der Waals surface area contributed by atoms with Crippen molar-refractivity contribution in [2.75, 3.05) is 7.11 Å². The molecule has 0 amide bonds. The molecule has 2 heteroatoms. The molecule has 2 nitrogen and oxygen atoms in total. The SMILES string of the molecule is COc1cccc(C)c1CC1(O)CC1. The molecule has 0 aromatic heterocycles. The average molecular weight is 192 g/mol. The van der Waals surface area contributed by atoms with Crippen molar-refractivity contribution >= 4 is 0 Å². The Kier molecular flexibility index (Phi) is 2.23. The van der Waals surface area contributed by atoms with Gasteiger partial charge in [0.1, 0.15) is 5.75 Å². The van der Waals surface area contributed by atoms with Crippen molar-refractivity contribution in [2.24, 2.45) is 0 Å². The molecule has 1 fully saturated rings. The van der Waals surface area contributed by atoms with Crippen LogP contribution in [0.2, 0.25) is 0 Å². The number of ether oxygens (including phenoxy) is 1. The van der Waals surface area contributed by atoms with Crippen molar-refractivity contribution in [2.45, 2.75) is 31.8 Å². The molecule has 2 rings (SSSR count). The average Bonchev–Trinajstić information content (AvgIpc) is 2.88. The third-order valence-electron chi connectivity index (χ3n) is 2.92. The van der Waals surface area contributed by atoms with Gasteiger partial charge < -0.3 is 9.84 Å². The van der Waals surface area contributed by atoms with Crippen molar-refractivity contribution in [3.05, 3.63) is 29.3 Å². The molecule has 0 bridgehead atoms. The van der Waals surface area contributed by atoms with Crippen molar-refractivity contribution < 1.29 is 9.84 Å². The molecule has 0 radical (unpaired) electrons. The molecule has 1 aliphatic carbocycles. The van der Waals surface area contributed by atoms with Crippen LogP contribution >= 0.6 is 0 Å². The van der Waals surface area contributed by atoms with E-state index >= 15 is 0 Å². The predicted molar refractivity (Wildman–Crippen MR) is 55.6 cm³/mol. The topological polar surface area (TPSA) is 29.5 Å². The van der Waals surface area contributed by atoms with Gasteiger partial charge in [0.2, 0.25) is 0 Å². The van der Waals surface area contributed by atoms with Crippen LogP contribution in [-0.4, -0.2) is 17.8 Å². The molecule has 0 unspecified atom stereocenters. The maximum atomic E-state index is 9.87. The van der Waals surface area contributed by atoms with E-state index in [0.29, 0.717) is 0 Å². The quantitative estimate of drug-likeness (QED) is 0.794. The largest absolute Gasteiger partial charge is 0.496 e. The smallest absolute Gasteiger partial charge is 0.122 e. The Hall–Kier alpha value is -1.02. The second kappa shape index (κ2) is 3.28. The third kappa shape index (κ3) is 1.75. The van der Waals surface area contributed by atoms with Crippen molar-refractivity contribution in [1.29, 1.82) is 0 Å². The molecule has 0 aliphatic heterocycles. The summed E-state index contributed by atoms with van der Waals surface area (Å²) in [7, 11) is 1.68. The van der Waals surface area contributed by atoms with Gasteiger partial charge >= 0.3 is 0 Å². The molecule has 0 spiro atoms. The number of aliphatic hydroxyl groups is 1. The van der Waals surface area contributed by atoms with E-state index in [-0.39, 0.29) is 0 Å². The van der Waals surface area contributed by atoms with Gasteiger partial charge in [0.15, 0.2) is 0 Å². The highest BCUT2D eigenvalue weighted by Gasteiger charge is 2.41. The highest BCUT2D eigenvalue weighted by atomic mass is 16.5. The van der Waals surface area contributed by atoms with Gasteiger partial charge in [-0.1, -0.05) is 12.1 Å². The fraction of sp³-hybridized carbons (Fsp3) is 0.500. The minimum Gasteiger partial charge on any atom is -0.496 e. The first kappa shape index (κ1) is 9.53. The fourth-order valence-electron chi connectivity index (χ4n) is 1.74. The fourth-order valence-corrected chi connectivity index (χ4v) is 1.74. The first-order chi connectivity index (χ1) is 6.64. The summed E-state index contributed by atoms with van der Waals surface area (Å²) in [5.74, 6) is 0.894. The Morgan fingerprint density at radius 1 is 1.43 bits per heavy atom. The van der Waals surface area contributed by atoms with Gasteiger partial charge in [-0.25, -0.2) is 0 Å². The van der Waals surface area contributed by atoms with E-state index in [1.165, 1.54) is 5.56 Å². The van der Waals surface area contributed by atoms with E-state index in [2.05, 4.69) is 13.0 Å². The summed E-state index contributed by atoms with van der Waals surface area (Å²) in [4.78, 5) is 0. The van der Waals surface area contributed by atoms with Crippen LogP contribution in [0.1, 0.15) is 24.0 Å². The number of methoxy groups -OCH3 is 1. The highest BCUT2D eigenvalue weighted by Crippen LogP contribution is 2.40. The van der Waals surface area contributed by atoms with Crippen molar-refractivity contribution in [1.82, 2.24) is 0 Å². The van der Waals surface area contributed by atoms with Crippen LogP contribution in [0.5, 0.6) is 5.75 Å². The molecule has 1 saturated carbocycles. The number of hydrogen-bond donors (Lipinski definition) is 1. The lowest BCUT2D eigenvalue weighted by Crippen LogP contribution is -2.12. The number of aryl methyl sites for hydroxylation is 1. The van der Waals surface area contributed by atoms with Gasteiger partial charge in [0, 0.05) is 6.42 Å². The molecule has 76 valence electrons. The molecule has 0 atom stereocenters. The Bertz CT molecular complexity index is 340. The first-order valence-corrected chi connectivity index (χ1v) is 4.99. The monoisotopic (exact) mass is 192 g/mol. The Morgan fingerprint density at radius 3 is 2.71 bits per heavy atom. The number of rotatable bonds is 3. The standard InChI is InChI=1S/C12H16O2/c1-9-4-3-5-11(14-2)10(9)8-12(13)6-7-12/h3-5,13H,6-8H2,1-2H3. The molecular weight excluding hydrogens is 176 g/mol. The van der Waals surface area contributed by atoms with E-state index < -0.39 is 5.60 Å². The summed E-state index contributed by atoms with van der Waals surface area (Å²) in [5.41, 5.74) is 1.90. The Balaban J connectivity index is 2.29. The number of hydrogen-bond acceptors (Lipinski definition) is 2. The van der Waals surface area contributed by atoms with E-state index in [0.717, 1.165) is 30.6 Å². The summed E-state index contributed by atoms with van der Waals surface area (Å²) in [6.07, 6.45) is 2.57. The zero-order valence-corrected chi connectivity index (χ0v) is 8.71. The maximum absolute atomic E-state index is 9.87. The van der Waals surface area contributed by atoms with Crippen molar-refractivity contribution in [3.63, 3.8) is 0 Å². The van der Waals surface area contributed by atoms with Crippen LogP contribution in [0.25, 0.3) is 0 Å². The van der Waals surface area contributed by atoms with E-state index in [4.69, 9.17) is 4.74 Å². The maximum Gasteiger partial charge on any atom is 0.122 e. The normalized spacial score (nSPS) is 17.9. The highest BCUT2D eigenvalue weighted by molar-refractivity contribution is 5.41. The summed E-state index contributed by atoms with van der Waals surface area (Å²) in [5, 5.41) is 9.87. The molecule has 14 heavy (non-hydrogen) atoms. The molecule has 1 aromatic rings. The van der Waals surface area contributed by atoms with Crippen LogP contribution in [-0.2, 0) is 6.42 Å². The van der Waals surface area contributed by atoms with E-state index in [1.807, 2.05) is 12.1 Å². The Morgan fingerprint density at radius 2 is 2.14 bits per heavy atom. The zero-order valence-electron chi connectivity index (χ0n) is 8.71. The Labute approximate surface area is 84.5 Å². The van der Waals surface area contributed by atoms with Crippen LogP contribution in [0.3, 0.4) is 0 Å². The van der Waals surface area contributed by atoms with Gasteiger partial charge in [-0.15, -0.1) is 0 Å². The third-order valence-corrected chi connectivity index (χ3v) is 2.92. The second-order valence-electron chi connectivity index (χ2n) is 4.16. The van der Waals surface area contributed by atoms with Gasteiger partial charge in [0.25, 0.3) is 0 Å². The first-order valence-electron chi connectivity index (χ1n) is 4.99. The summed E-state index contributed by atoms with van der Waals surface area (Å²) in [6.45, 7) is 2.06. The van der Waals surface area contributed by atoms with Crippen LogP contribution in [0, 0.1) is 6.92 Å². The molecular formula is C12H16O2. The molecule has 0 saturated heterocycles.